The molecular weight excluding hydrogens is 307 g/mol. The minimum atomic E-state index is -4.39. The highest BCUT2D eigenvalue weighted by atomic mass is 19.4. The summed E-state index contributed by atoms with van der Waals surface area (Å²) in [5.74, 6) is 1.17. The molecule has 2 aromatic carbocycles. The molecule has 0 aliphatic rings. The zero-order valence-corrected chi connectivity index (χ0v) is 12.1. The Balaban J connectivity index is 1.92. The number of halogens is 3. The SMILES string of the molecule is COc1ccc(-c2cc(-c3cccc(C(F)(F)F)c3)no2)cc1. The molecule has 0 aliphatic heterocycles. The van der Waals surface area contributed by atoms with Crippen molar-refractivity contribution < 1.29 is 22.4 Å². The fraction of sp³-hybridized carbons (Fsp3) is 0.118. The van der Waals surface area contributed by atoms with E-state index in [-0.39, 0.29) is 0 Å². The lowest BCUT2D eigenvalue weighted by Crippen LogP contribution is -2.04. The highest BCUT2D eigenvalue weighted by Crippen LogP contribution is 2.33. The minimum absolute atomic E-state index is 0.349. The molecule has 0 saturated carbocycles. The molecule has 3 nitrogen and oxygen atoms in total. The summed E-state index contributed by atoms with van der Waals surface area (Å²) in [6, 6.07) is 13.7. The molecule has 0 bridgehead atoms. The van der Waals surface area contributed by atoms with Gasteiger partial charge < -0.3 is 9.26 Å². The van der Waals surface area contributed by atoms with Crippen LogP contribution in [0.4, 0.5) is 13.2 Å². The Morgan fingerprint density at radius 3 is 2.35 bits per heavy atom. The van der Waals surface area contributed by atoms with E-state index in [0.717, 1.165) is 17.7 Å². The summed E-state index contributed by atoms with van der Waals surface area (Å²) in [5.41, 5.74) is 0.741. The lowest BCUT2D eigenvalue weighted by Gasteiger charge is -2.06. The first-order valence-electron chi connectivity index (χ1n) is 6.76. The second-order valence-electron chi connectivity index (χ2n) is 4.88. The number of ether oxygens (including phenoxy) is 1. The van der Waals surface area contributed by atoms with E-state index in [1.165, 1.54) is 6.07 Å². The first kappa shape index (κ1) is 15.1. The van der Waals surface area contributed by atoms with Crippen LogP contribution in [0.25, 0.3) is 22.6 Å². The van der Waals surface area contributed by atoms with Gasteiger partial charge in [-0.3, -0.25) is 0 Å². The van der Waals surface area contributed by atoms with Gasteiger partial charge in [-0.2, -0.15) is 13.2 Å². The van der Waals surface area contributed by atoms with Crippen LogP contribution in [0.1, 0.15) is 5.56 Å². The van der Waals surface area contributed by atoms with Crippen LogP contribution in [0.2, 0.25) is 0 Å². The second kappa shape index (κ2) is 5.79. The number of aromatic nitrogens is 1. The van der Waals surface area contributed by atoms with Gasteiger partial charge in [-0.1, -0.05) is 17.3 Å². The molecule has 118 valence electrons. The van der Waals surface area contributed by atoms with Crippen molar-refractivity contribution >= 4 is 0 Å². The predicted molar refractivity (Wildman–Crippen MR) is 78.9 cm³/mol. The average molecular weight is 319 g/mol. The molecule has 0 unspecified atom stereocenters. The molecule has 0 radical (unpaired) electrons. The van der Waals surface area contributed by atoms with Gasteiger partial charge in [0.1, 0.15) is 11.4 Å². The number of methoxy groups -OCH3 is 1. The number of hydrogen-bond donors (Lipinski definition) is 0. The monoisotopic (exact) mass is 319 g/mol. The molecule has 1 heterocycles. The zero-order valence-electron chi connectivity index (χ0n) is 12.1. The van der Waals surface area contributed by atoms with Crippen molar-refractivity contribution in [2.24, 2.45) is 0 Å². The number of rotatable bonds is 3. The summed E-state index contributed by atoms with van der Waals surface area (Å²) < 4.78 is 48.6. The van der Waals surface area contributed by atoms with Gasteiger partial charge >= 0.3 is 6.18 Å². The van der Waals surface area contributed by atoms with Crippen molar-refractivity contribution in [1.82, 2.24) is 5.16 Å². The van der Waals surface area contributed by atoms with E-state index in [9.17, 15) is 13.2 Å². The Morgan fingerprint density at radius 1 is 0.957 bits per heavy atom. The highest BCUT2D eigenvalue weighted by Gasteiger charge is 2.30. The third-order valence-electron chi connectivity index (χ3n) is 3.37. The van der Waals surface area contributed by atoms with Crippen LogP contribution >= 0.6 is 0 Å². The van der Waals surface area contributed by atoms with Gasteiger partial charge in [0.25, 0.3) is 0 Å². The van der Waals surface area contributed by atoms with Crippen molar-refractivity contribution in [3.63, 3.8) is 0 Å². The molecule has 3 rings (SSSR count). The standard InChI is InChI=1S/C17H12F3NO2/c1-22-14-7-5-11(6-8-14)16-10-15(21-23-16)12-3-2-4-13(9-12)17(18,19)20/h2-10H,1H3. The molecule has 0 saturated heterocycles. The first-order valence-corrected chi connectivity index (χ1v) is 6.76. The summed E-state index contributed by atoms with van der Waals surface area (Å²) in [6.07, 6.45) is -4.39. The Hall–Kier alpha value is -2.76. The molecule has 6 heteroatoms. The quantitative estimate of drug-likeness (QED) is 0.678. The van der Waals surface area contributed by atoms with Gasteiger partial charge in [-0.15, -0.1) is 0 Å². The topological polar surface area (TPSA) is 35.3 Å². The fourth-order valence-corrected chi connectivity index (χ4v) is 2.16. The van der Waals surface area contributed by atoms with E-state index in [4.69, 9.17) is 9.26 Å². The third-order valence-corrected chi connectivity index (χ3v) is 3.37. The fourth-order valence-electron chi connectivity index (χ4n) is 2.16. The summed E-state index contributed by atoms with van der Waals surface area (Å²) >= 11 is 0. The molecule has 0 amide bonds. The zero-order chi connectivity index (χ0) is 16.4. The Bertz CT molecular complexity index is 807. The van der Waals surface area contributed by atoms with Crippen LogP contribution in [0.3, 0.4) is 0 Å². The summed E-state index contributed by atoms with van der Waals surface area (Å²) in [4.78, 5) is 0. The molecule has 1 aromatic heterocycles. The molecule has 3 aromatic rings. The van der Waals surface area contributed by atoms with Crippen LogP contribution in [0.5, 0.6) is 5.75 Å². The van der Waals surface area contributed by atoms with Crippen LogP contribution in [0.15, 0.2) is 59.1 Å². The highest BCUT2D eigenvalue weighted by molar-refractivity contribution is 5.67. The van der Waals surface area contributed by atoms with Crippen LogP contribution in [-0.2, 0) is 6.18 Å². The Kier molecular flexibility index (Phi) is 3.82. The molecule has 0 spiro atoms. The predicted octanol–water partition coefficient (Wildman–Crippen LogP) is 5.04. The van der Waals surface area contributed by atoms with E-state index < -0.39 is 11.7 Å². The van der Waals surface area contributed by atoms with Gasteiger partial charge in [0.15, 0.2) is 5.76 Å². The van der Waals surface area contributed by atoms with E-state index in [2.05, 4.69) is 5.16 Å². The smallest absolute Gasteiger partial charge is 0.416 e. The molecular formula is C17H12F3NO2. The summed E-state index contributed by atoms with van der Waals surface area (Å²) in [7, 11) is 1.56. The van der Waals surface area contributed by atoms with Crippen molar-refractivity contribution in [3.8, 4) is 28.3 Å². The number of alkyl halides is 3. The van der Waals surface area contributed by atoms with E-state index in [1.807, 2.05) is 0 Å². The maximum absolute atomic E-state index is 12.8. The van der Waals surface area contributed by atoms with Gasteiger partial charge in [0.2, 0.25) is 0 Å². The first-order chi connectivity index (χ1) is 11.0. The van der Waals surface area contributed by atoms with E-state index >= 15 is 0 Å². The van der Waals surface area contributed by atoms with Crippen molar-refractivity contribution in [3.05, 3.63) is 60.2 Å². The largest absolute Gasteiger partial charge is 0.497 e. The van der Waals surface area contributed by atoms with E-state index in [0.29, 0.717) is 22.8 Å². The number of benzene rings is 2. The number of hydrogen-bond acceptors (Lipinski definition) is 3. The van der Waals surface area contributed by atoms with E-state index in [1.54, 1.807) is 43.5 Å². The van der Waals surface area contributed by atoms with Gasteiger partial charge in [-0.05, 0) is 36.4 Å². The molecule has 0 atom stereocenters. The lowest BCUT2D eigenvalue weighted by molar-refractivity contribution is -0.137. The lowest BCUT2D eigenvalue weighted by atomic mass is 10.1. The summed E-state index contributed by atoms with van der Waals surface area (Å²) in [5, 5.41) is 3.85. The van der Waals surface area contributed by atoms with Gasteiger partial charge in [-0.25, -0.2) is 0 Å². The molecule has 0 N–H and O–H groups in total. The van der Waals surface area contributed by atoms with Crippen LogP contribution in [0, 0.1) is 0 Å². The Morgan fingerprint density at radius 2 is 1.70 bits per heavy atom. The second-order valence-corrected chi connectivity index (χ2v) is 4.88. The molecule has 0 aliphatic carbocycles. The van der Waals surface area contributed by atoms with Crippen LogP contribution in [-0.4, -0.2) is 12.3 Å². The maximum Gasteiger partial charge on any atom is 0.416 e. The van der Waals surface area contributed by atoms with Crippen molar-refractivity contribution in [2.75, 3.05) is 7.11 Å². The number of nitrogens with zero attached hydrogens (tertiary/aromatic N) is 1. The third kappa shape index (κ3) is 3.21. The molecule has 0 fully saturated rings. The summed E-state index contributed by atoms with van der Waals surface area (Å²) in [6.45, 7) is 0. The Labute approximate surface area is 130 Å². The normalized spacial score (nSPS) is 11.5. The van der Waals surface area contributed by atoms with Gasteiger partial charge in [0.05, 0.1) is 12.7 Å². The minimum Gasteiger partial charge on any atom is -0.497 e. The maximum atomic E-state index is 12.8. The van der Waals surface area contributed by atoms with Gasteiger partial charge in [0, 0.05) is 17.2 Å². The van der Waals surface area contributed by atoms with Crippen LogP contribution < -0.4 is 4.74 Å². The van der Waals surface area contributed by atoms with Crippen molar-refractivity contribution in [1.29, 1.82) is 0 Å². The average Bonchev–Trinajstić information content (AvgIpc) is 3.04. The molecule has 23 heavy (non-hydrogen) atoms. The van der Waals surface area contributed by atoms with Crippen molar-refractivity contribution in [2.45, 2.75) is 6.18 Å².